The third-order valence-corrected chi connectivity index (χ3v) is 2.95. The lowest BCUT2D eigenvalue weighted by molar-refractivity contribution is -0.139. The van der Waals surface area contributed by atoms with E-state index >= 15 is 0 Å². The first kappa shape index (κ1) is 16.0. The minimum absolute atomic E-state index is 0.0476. The fourth-order valence-corrected chi connectivity index (χ4v) is 1.97. The maximum Gasteiger partial charge on any atom is 0.305 e. The molecule has 1 aromatic carbocycles. The Hall–Kier alpha value is -1.07. The van der Waals surface area contributed by atoms with Crippen molar-refractivity contribution < 1.29 is 20.1 Å². The van der Waals surface area contributed by atoms with Crippen molar-refractivity contribution in [2.75, 3.05) is 0 Å². The Labute approximate surface area is 120 Å². The average Bonchev–Trinajstić information content (AvgIpc) is 2.26. The Balaban J connectivity index is 2.58. The van der Waals surface area contributed by atoms with Crippen LogP contribution in [0.25, 0.3) is 6.08 Å². The molecule has 0 amide bonds. The van der Waals surface area contributed by atoms with Crippen molar-refractivity contribution in [2.45, 2.75) is 25.0 Å². The van der Waals surface area contributed by atoms with Gasteiger partial charge in [0.1, 0.15) is 0 Å². The van der Waals surface area contributed by atoms with Crippen LogP contribution < -0.4 is 0 Å². The van der Waals surface area contributed by atoms with Gasteiger partial charge in [-0.2, -0.15) is 0 Å². The summed E-state index contributed by atoms with van der Waals surface area (Å²) in [5.41, 5.74) is 0.679. The van der Waals surface area contributed by atoms with E-state index in [1.807, 2.05) is 0 Å². The summed E-state index contributed by atoms with van der Waals surface area (Å²) < 4.78 is 0. The summed E-state index contributed by atoms with van der Waals surface area (Å²) in [4.78, 5) is 10.4. The molecule has 2 unspecified atom stereocenters. The highest BCUT2D eigenvalue weighted by atomic mass is 35.5. The second kappa shape index (κ2) is 7.50. The van der Waals surface area contributed by atoms with Crippen LogP contribution >= 0.6 is 23.2 Å². The monoisotopic (exact) mass is 304 g/mol. The standard InChI is InChI=1S/C13H14Cl2O4/c14-9-3-1-8(12(15)5-9)2-4-10(16)6-11(17)7-13(18)19/h1-5,10-11,16-17H,6-7H2,(H,18,19)/b4-2+. The van der Waals surface area contributed by atoms with E-state index in [4.69, 9.17) is 28.3 Å². The highest BCUT2D eigenvalue weighted by molar-refractivity contribution is 6.35. The predicted octanol–water partition coefficient (Wildman–Crippen LogP) is 2.59. The molecule has 6 heteroatoms. The number of rotatable bonds is 6. The zero-order valence-electron chi connectivity index (χ0n) is 9.96. The molecule has 0 radical (unpaired) electrons. The molecule has 0 spiro atoms. The number of benzene rings is 1. The van der Waals surface area contributed by atoms with Crippen LogP contribution in [0.2, 0.25) is 10.0 Å². The number of aliphatic hydroxyl groups excluding tert-OH is 2. The van der Waals surface area contributed by atoms with E-state index in [0.717, 1.165) is 0 Å². The number of carbonyl (C=O) groups is 1. The van der Waals surface area contributed by atoms with Gasteiger partial charge < -0.3 is 15.3 Å². The Kier molecular flexibility index (Phi) is 6.31. The van der Waals surface area contributed by atoms with Gasteiger partial charge in [0.25, 0.3) is 0 Å². The maximum absolute atomic E-state index is 10.4. The molecule has 1 aromatic rings. The van der Waals surface area contributed by atoms with E-state index in [1.165, 1.54) is 6.08 Å². The zero-order valence-corrected chi connectivity index (χ0v) is 11.5. The Morgan fingerprint density at radius 2 is 2.00 bits per heavy atom. The largest absolute Gasteiger partial charge is 0.481 e. The molecule has 4 nitrogen and oxygen atoms in total. The van der Waals surface area contributed by atoms with Gasteiger partial charge in [0.05, 0.1) is 18.6 Å². The van der Waals surface area contributed by atoms with Gasteiger partial charge in [-0.1, -0.05) is 41.4 Å². The van der Waals surface area contributed by atoms with Crippen LogP contribution in [-0.4, -0.2) is 33.5 Å². The van der Waals surface area contributed by atoms with Crippen LogP contribution in [0, 0.1) is 0 Å². The lowest BCUT2D eigenvalue weighted by atomic mass is 10.1. The first-order valence-corrected chi connectivity index (χ1v) is 6.35. The second-order valence-electron chi connectivity index (χ2n) is 4.08. The van der Waals surface area contributed by atoms with Crippen molar-refractivity contribution in [1.82, 2.24) is 0 Å². The van der Waals surface area contributed by atoms with Crippen LogP contribution in [0.1, 0.15) is 18.4 Å². The predicted molar refractivity (Wildman–Crippen MR) is 74.4 cm³/mol. The van der Waals surface area contributed by atoms with Gasteiger partial charge in [-0.15, -0.1) is 0 Å². The van der Waals surface area contributed by atoms with Gasteiger partial charge in [-0.3, -0.25) is 4.79 Å². The first-order chi connectivity index (χ1) is 8.88. The van der Waals surface area contributed by atoms with Gasteiger partial charge in [0, 0.05) is 16.5 Å². The van der Waals surface area contributed by atoms with Crippen LogP contribution in [0.15, 0.2) is 24.3 Å². The van der Waals surface area contributed by atoms with Gasteiger partial charge in [0.15, 0.2) is 0 Å². The molecule has 2 atom stereocenters. The highest BCUT2D eigenvalue weighted by Crippen LogP contribution is 2.22. The van der Waals surface area contributed by atoms with E-state index in [0.29, 0.717) is 15.6 Å². The van der Waals surface area contributed by atoms with Gasteiger partial charge >= 0.3 is 5.97 Å². The molecule has 0 heterocycles. The fourth-order valence-electron chi connectivity index (χ4n) is 1.49. The van der Waals surface area contributed by atoms with Crippen LogP contribution in [0.3, 0.4) is 0 Å². The Morgan fingerprint density at radius 1 is 1.32 bits per heavy atom. The maximum atomic E-state index is 10.4. The van der Waals surface area contributed by atoms with Crippen molar-refractivity contribution in [1.29, 1.82) is 0 Å². The Bertz CT molecular complexity index is 474. The zero-order chi connectivity index (χ0) is 14.4. The minimum Gasteiger partial charge on any atom is -0.481 e. The molecule has 0 saturated heterocycles. The quantitative estimate of drug-likeness (QED) is 0.755. The summed E-state index contributed by atoms with van der Waals surface area (Å²) in [5.74, 6) is -1.11. The summed E-state index contributed by atoms with van der Waals surface area (Å²) >= 11 is 11.7. The summed E-state index contributed by atoms with van der Waals surface area (Å²) in [7, 11) is 0. The molecular formula is C13H14Cl2O4. The SMILES string of the molecule is O=C(O)CC(O)CC(O)/C=C/c1ccc(Cl)cc1Cl. The fraction of sp³-hybridized carbons (Fsp3) is 0.308. The third kappa shape index (κ3) is 6.07. The number of carboxylic acids is 1. The lowest BCUT2D eigenvalue weighted by Crippen LogP contribution is -2.19. The van der Waals surface area contributed by atoms with Crippen molar-refractivity contribution in [2.24, 2.45) is 0 Å². The normalized spacial score (nSPS) is 14.5. The molecule has 0 aliphatic heterocycles. The van der Waals surface area contributed by atoms with Crippen molar-refractivity contribution in [3.8, 4) is 0 Å². The lowest BCUT2D eigenvalue weighted by Gasteiger charge is -2.10. The summed E-state index contributed by atoms with van der Waals surface area (Å²) in [6.45, 7) is 0. The summed E-state index contributed by atoms with van der Waals surface area (Å²) in [5, 5.41) is 28.4. The number of carboxylic acid groups (broad SMARTS) is 1. The molecule has 19 heavy (non-hydrogen) atoms. The van der Waals surface area contributed by atoms with E-state index in [9.17, 15) is 15.0 Å². The molecule has 0 saturated carbocycles. The van der Waals surface area contributed by atoms with E-state index in [2.05, 4.69) is 0 Å². The molecule has 0 fully saturated rings. The molecule has 0 aliphatic carbocycles. The van der Waals surface area contributed by atoms with Crippen LogP contribution in [0.4, 0.5) is 0 Å². The van der Waals surface area contributed by atoms with Gasteiger partial charge in [0.2, 0.25) is 0 Å². The molecule has 1 rings (SSSR count). The van der Waals surface area contributed by atoms with Gasteiger partial charge in [-0.25, -0.2) is 0 Å². The van der Waals surface area contributed by atoms with Gasteiger partial charge in [-0.05, 0) is 17.7 Å². The molecule has 3 N–H and O–H groups in total. The minimum atomic E-state index is -1.11. The third-order valence-electron chi connectivity index (χ3n) is 2.38. The summed E-state index contributed by atoms with van der Waals surface area (Å²) in [6, 6.07) is 4.94. The Morgan fingerprint density at radius 3 is 2.58 bits per heavy atom. The number of aliphatic hydroxyl groups is 2. The van der Waals surface area contributed by atoms with Crippen molar-refractivity contribution in [3.63, 3.8) is 0 Å². The van der Waals surface area contributed by atoms with Crippen molar-refractivity contribution in [3.05, 3.63) is 39.9 Å². The van der Waals surface area contributed by atoms with E-state index in [1.54, 1.807) is 24.3 Å². The van der Waals surface area contributed by atoms with Crippen LogP contribution in [0.5, 0.6) is 0 Å². The van der Waals surface area contributed by atoms with E-state index < -0.39 is 24.6 Å². The average molecular weight is 305 g/mol. The molecular weight excluding hydrogens is 291 g/mol. The van der Waals surface area contributed by atoms with Crippen LogP contribution in [-0.2, 0) is 4.79 Å². The van der Waals surface area contributed by atoms with E-state index in [-0.39, 0.29) is 6.42 Å². The number of aliphatic carboxylic acids is 1. The summed E-state index contributed by atoms with van der Waals surface area (Å²) in [6.07, 6.45) is 0.566. The first-order valence-electron chi connectivity index (χ1n) is 5.59. The molecule has 0 aromatic heterocycles. The topological polar surface area (TPSA) is 77.8 Å². The molecule has 104 valence electrons. The molecule has 0 aliphatic rings. The number of hydrogen-bond donors (Lipinski definition) is 3. The van der Waals surface area contributed by atoms with Crippen molar-refractivity contribution >= 4 is 35.2 Å². The number of hydrogen-bond acceptors (Lipinski definition) is 3. The number of halogens is 2. The highest BCUT2D eigenvalue weighted by Gasteiger charge is 2.13. The smallest absolute Gasteiger partial charge is 0.305 e. The molecule has 0 bridgehead atoms. The second-order valence-corrected chi connectivity index (χ2v) is 4.92.